The molecule has 0 fully saturated rings. The van der Waals surface area contributed by atoms with Crippen molar-refractivity contribution >= 4 is 11.6 Å². The third kappa shape index (κ3) is 7.59. The molecule has 0 amide bonds. The second kappa shape index (κ2) is 10.2. The van der Waals surface area contributed by atoms with Gasteiger partial charge in [-0.2, -0.15) is 0 Å². The van der Waals surface area contributed by atoms with E-state index in [-0.39, 0.29) is 6.04 Å². The first kappa shape index (κ1) is 19.4. The Bertz CT molecular complexity index is 425. The van der Waals surface area contributed by atoms with Gasteiger partial charge in [-0.1, -0.05) is 56.5 Å². The van der Waals surface area contributed by atoms with Crippen molar-refractivity contribution in [3.63, 3.8) is 0 Å². The molecule has 3 atom stereocenters. The molecule has 4 heteroatoms. The van der Waals surface area contributed by atoms with Gasteiger partial charge in [-0.05, 0) is 37.3 Å². The Labute approximate surface area is 140 Å². The number of nitrogens with one attached hydrogen (secondary N) is 1. The molecule has 0 saturated heterocycles. The fraction of sp³-hybridized carbons (Fsp3) is 0.667. The summed E-state index contributed by atoms with van der Waals surface area (Å²) in [5.74, 6) is 0.752. The van der Waals surface area contributed by atoms with Gasteiger partial charge in [0, 0.05) is 23.7 Å². The van der Waals surface area contributed by atoms with Crippen LogP contribution in [0.1, 0.15) is 45.6 Å². The standard InChI is InChI=1S/C18H31ClN2O/c1-13(2)7-6-8-14(3)21-12-18(22)17(20)11-15-9-4-5-10-16(15)19/h4-5,9-10,13-14,17-18,21-22H,6-8,11-12,20H2,1-3H3/t14?,17-,18+/m0/s1. The molecule has 0 aliphatic rings. The van der Waals surface area contributed by atoms with Crippen molar-refractivity contribution in [3.05, 3.63) is 34.9 Å². The van der Waals surface area contributed by atoms with Crippen LogP contribution in [-0.4, -0.2) is 29.8 Å². The Morgan fingerprint density at radius 2 is 1.86 bits per heavy atom. The first-order valence-corrected chi connectivity index (χ1v) is 8.68. The average Bonchev–Trinajstić information content (AvgIpc) is 2.46. The lowest BCUT2D eigenvalue weighted by atomic mass is 10.0. The first-order valence-electron chi connectivity index (χ1n) is 8.30. The predicted octanol–water partition coefficient (Wildman–Crippen LogP) is 3.38. The molecule has 1 aromatic carbocycles. The van der Waals surface area contributed by atoms with Gasteiger partial charge >= 0.3 is 0 Å². The van der Waals surface area contributed by atoms with Crippen LogP contribution in [-0.2, 0) is 6.42 Å². The lowest BCUT2D eigenvalue weighted by molar-refractivity contribution is 0.138. The summed E-state index contributed by atoms with van der Waals surface area (Å²) in [5.41, 5.74) is 7.08. The maximum atomic E-state index is 10.2. The van der Waals surface area contributed by atoms with Crippen LogP contribution >= 0.6 is 11.6 Å². The lowest BCUT2D eigenvalue weighted by Gasteiger charge is -2.22. The molecule has 22 heavy (non-hydrogen) atoms. The number of rotatable bonds is 10. The second-order valence-electron chi connectivity index (χ2n) is 6.66. The monoisotopic (exact) mass is 326 g/mol. The van der Waals surface area contributed by atoms with Crippen LogP contribution < -0.4 is 11.1 Å². The number of hydrogen-bond acceptors (Lipinski definition) is 3. The third-order valence-corrected chi connectivity index (χ3v) is 4.37. The number of benzene rings is 1. The fourth-order valence-corrected chi connectivity index (χ4v) is 2.67. The van der Waals surface area contributed by atoms with E-state index in [1.54, 1.807) is 0 Å². The molecule has 0 bridgehead atoms. The zero-order chi connectivity index (χ0) is 16.5. The molecule has 0 radical (unpaired) electrons. The van der Waals surface area contributed by atoms with Crippen molar-refractivity contribution in [2.75, 3.05) is 6.54 Å². The van der Waals surface area contributed by atoms with Crippen molar-refractivity contribution in [1.82, 2.24) is 5.32 Å². The highest BCUT2D eigenvalue weighted by Gasteiger charge is 2.17. The Morgan fingerprint density at radius 1 is 1.18 bits per heavy atom. The molecule has 1 rings (SSSR count). The Hall–Kier alpha value is -0.610. The van der Waals surface area contributed by atoms with Gasteiger partial charge in [0.2, 0.25) is 0 Å². The van der Waals surface area contributed by atoms with Gasteiger partial charge < -0.3 is 16.2 Å². The lowest BCUT2D eigenvalue weighted by Crippen LogP contribution is -2.45. The first-order chi connectivity index (χ1) is 10.4. The van der Waals surface area contributed by atoms with Crippen molar-refractivity contribution in [1.29, 1.82) is 0 Å². The van der Waals surface area contributed by atoms with Crippen molar-refractivity contribution in [2.45, 2.75) is 64.6 Å². The largest absolute Gasteiger partial charge is 0.390 e. The topological polar surface area (TPSA) is 58.3 Å². The smallest absolute Gasteiger partial charge is 0.0818 e. The molecule has 126 valence electrons. The van der Waals surface area contributed by atoms with E-state index < -0.39 is 6.10 Å². The van der Waals surface area contributed by atoms with E-state index in [0.717, 1.165) is 17.9 Å². The summed E-state index contributed by atoms with van der Waals surface area (Å²) in [4.78, 5) is 0. The minimum atomic E-state index is -0.566. The normalized spacial score (nSPS) is 15.8. The second-order valence-corrected chi connectivity index (χ2v) is 7.07. The summed E-state index contributed by atoms with van der Waals surface area (Å²) < 4.78 is 0. The average molecular weight is 327 g/mol. The highest BCUT2D eigenvalue weighted by molar-refractivity contribution is 6.31. The van der Waals surface area contributed by atoms with Crippen LogP contribution in [0, 0.1) is 5.92 Å². The summed E-state index contributed by atoms with van der Waals surface area (Å²) in [7, 11) is 0. The number of hydrogen-bond donors (Lipinski definition) is 3. The Kier molecular flexibility index (Phi) is 9.03. The van der Waals surface area contributed by atoms with Crippen LogP contribution in [0.5, 0.6) is 0 Å². The van der Waals surface area contributed by atoms with Gasteiger partial charge in [-0.25, -0.2) is 0 Å². The SMILES string of the molecule is CC(C)CCCC(C)NC[C@@H](O)[C@@H](N)Cc1ccccc1Cl. The number of nitrogens with two attached hydrogens (primary N) is 1. The van der Waals surface area contributed by atoms with Gasteiger partial charge in [0.1, 0.15) is 0 Å². The summed E-state index contributed by atoms with van der Waals surface area (Å²) >= 11 is 6.13. The van der Waals surface area contributed by atoms with Gasteiger partial charge in [0.25, 0.3) is 0 Å². The molecule has 0 heterocycles. The molecular formula is C18H31ClN2O. The zero-order valence-electron chi connectivity index (χ0n) is 14.1. The molecule has 0 aliphatic heterocycles. The molecule has 0 saturated carbocycles. The van der Waals surface area contributed by atoms with Crippen LogP contribution in [0.3, 0.4) is 0 Å². The van der Waals surface area contributed by atoms with Crippen molar-refractivity contribution in [2.24, 2.45) is 11.7 Å². The molecular weight excluding hydrogens is 296 g/mol. The van der Waals surface area contributed by atoms with E-state index >= 15 is 0 Å². The van der Waals surface area contributed by atoms with E-state index in [0.29, 0.717) is 24.0 Å². The number of aliphatic hydroxyl groups excluding tert-OH is 1. The van der Waals surface area contributed by atoms with Crippen LogP contribution in [0.4, 0.5) is 0 Å². The minimum absolute atomic E-state index is 0.310. The Morgan fingerprint density at radius 3 is 2.50 bits per heavy atom. The third-order valence-electron chi connectivity index (χ3n) is 4.00. The molecule has 0 aliphatic carbocycles. The van der Waals surface area contributed by atoms with E-state index in [2.05, 4.69) is 26.1 Å². The van der Waals surface area contributed by atoms with Gasteiger partial charge in [-0.15, -0.1) is 0 Å². The van der Waals surface area contributed by atoms with E-state index in [1.165, 1.54) is 12.8 Å². The van der Waals surface area contributed by atoms with Crippen LogP contribution in [0.25, 0.3) is 0 Å². The maximum absolute atomic E-state index is 10.2. The van der Waals surface area contributed by atoms with Gasteiger partial charge in [0.05, 0.1) is 6.10 Å². The summed E-state index contributed by atoms with van der Waals surface area (Å²) in [6, 6.07) is 7.74. The maximum Gasteiger partial charge on any atom is 0.0818 e. The minimum Gasteiger partial charge on any atom is -0.390 e. The van der Waals surface area contributed by atoms with E-state index in [9.17, 15) is 5.11 Å². The van der Waals surface area contributed by atoms with Gasteiger partial charge in [0.15, 0.2) is 0 Å². The molecule has 0 aromatic heterocycles. The van der Waals surface area contributed by atoms with Crippen LogP contribution in [0.2, 0.25) is 5.02 Å². The number of aliphatic hydroxyl groups is 1. The molecule has 4 N–H and O–H groups in total. The molecule has 1 aromatic rings. The molecule has 1 unspecified atom stereocenters. The summed E-state index contributed by atoms with van der Waals surface area (Å²) in [5, 5.41) is 14.3. The molecule has 0 spiro atoms. The fourth-order valence-electron chi connectivity index (χ4n) is 2.46. The molecule has 3 nitrogen and oxygen atoms in total. The summed E-state index contributed by atoms with van der Waals surface area (Å²) in [6.45, 7) is 7.17. The quantitative estimate of drug-likeness (QED) is 0.618. The highest BCUT2D eigenvalue weighted by atomic mass is 35.5. The summed E-state index contributed by atoms with van der Waals surface area (Å²) in [6.07, 6.45) is 3.62. The van der Waals surface area contributed by atoms with Gasteiger partial charge in [-0.3, -0.25) is 0 Å². The van der Waals surface area contributed by atoms with Crippen molar-refractivity contribution < 1.29 is 5.11 Å². The Balaban J connectivity index is 2.29. The van der Waals surface area contributed by atoms with E-state index in [4.69, 9.17) is 17.3 Å². The van der Waals surface area contributed by atoms with Crippen LogP contribution in [0.15, 0.2) is 24.3 Å². The predicted molar refractivity (Wildman–Crippen MR) is 95.3 cm³/mol. The zero-order valence-corrected chi connectivity index (χ0v) is 14.8. The highest BCUT2D eigenvalue weighted by Crippen LogP contribution is 2.17. The van der Waals surface area contributed by atoms with E-state index in [1.807, 2.05) is 24.3 Å². The van der Waals surface area contributed by atoms with Crippen molar-refractivity contribution in [3.8, 4) is 0 Å². The number of halogens is 1.